The number of carboxylic acid groups (broad SMARTS) is 1. The molecule has 0 aliphatic rings. The predicted molar refractivity (Wildman–Crippen MR) is 99.4 cm³/mol. The van der Waals surface area contributed by atoms with Crippen LogP contribution in [0.2, 0.25) is 0 Å². The second kappa shape index (κ2) is 6.89. The number of pyridine rings is 1. The molecular weight excluding hydrogens is 358 g/mol. The fourth-order valence-corrected chi connectivity index (χ4v) is 3.38. The highest BCUT2D eigenvalue weighted by molar-refractivity contribution is 7.21. The lowest BCUT2D eigenvalue weighted by Gasteiger charge is -2.06. The van der Waals surface area contributed by atoms with Gasteiger partial charge in [0.25, 0.3) is 11.5 Å². The van der Waals surface area contributed by atoms with Gasteiger partial charge in [-0.25, -0.2) is 4.79 Å². The predicted octanol–water partition coefficient (Wildman–Crippen LogP) is 2.52. The second-order valence-electron chi connectivity index (χ2n) is 5.32. The first kappa shape index (κ1) is 17.5. The maximum absolute atomic E-state index is 12.5. The number of aromatic nitrogens is 1. The van der Waals surface area contributed by atoms with E-state index in [0.29, 0.717) is 28.3 Å². The molecule has 0 fully saturated rings. The Morgan fingerprint density at radius 1 is 1.31 bits per heavy atom. The first-order valence-corrected chi connectivity index (χ1v) is 8.45. The minimum absolute atomic E-state index is 0.118. The monoisotopic (exact) mass is 373 g/mol. The molecule has 5 N–H and O–H groups in total. The molecule has 0 saturated carbocycles. The van der Waals surface area contributed by atoms with Crippen LogP contribution in [0.3, 0.4) is 0 Å². The molecule has 0 saturated heterocycles. The van der Waals surface area contributed by atoms with Gasteiger partial charge >= 0.3 is 5.97 Å². The van der Waals surface area contributed by atoms with Crippen LogP contribution in [0.4, 0.5) is 11.4 Å². The second-order valence-corrected chi connectivity index (χ2v) is 6.34. The van der Waals surface area contributed by atoms with Crippen LogP contribution in [0.15, 0.2) is 35.1 Å². The number of nitrogen functional groups attached to an aromatic ring is 1. The zero-order valence-corrected chi connectivity index (χ0v) is 14.5. The molecule has 0 aliphatic carbocycles. The third-order valence-electron chi connectivity index (χ3n) is 3.60. The first-order chi connectivity index (χ1) is 12.4. The molecule has 26 heavy (non-hydrogen) atoms. The molecule has 1 amide bonds. The number of rotatable bonds is 5. The molecule has 134 valence electrons. The lowest BCUT2D eigenvalue weighted by atomic mass is 10.2. The number of amides is 1. The number of hydrogen-bond donors (Lipinski definition) is 4. The summed E-state index contributed by atoms with van der Waals surface area (Å²) in [6.45, 7) is 2.42. The van der Waals surface area contributed by atoms with Gasteiger partial charge in [0.15, 0.2) is 0 Å². The summed E-state index contributed by atoms with van der Waals surface area (Å²) in [4.78, 5) is 38.3. The highest BCUT2D eigenvalue weighted by atomic mass is 32.1. The highest BCUT2D eigenvalue weighted by Crippen LogP contribution is 2.32. The van der Waals surface area contributed by atoms with Gasteiger partial charge in [-0.05, 0) is 37.3 Å². The number of carbonyl (C=O) groups is 2. The SMILES string of the molecule is CCOc1ccc(NC(=O)c2sc3[nH]c(=O)c(C(=O)O)cc3c2N)cc1. The van der Waals surface area contributed by atoms with Crippen molar-refractivity contribution in [1.29, 1.82) is 0 Å². The average molecular weight is 373 g/mol. The molecule has 9 heteroatoms. The Kier molecular flexibility index (Phi) is 4.63. The average Bonchev–Trinajstić information content (AvgIpc) is 2.92. The van der Waals surface area contributed by atoms with Crippen molar-refractivity contribution in [3.8, 4) is 5.75 Å². The van der Waals surface area contributed by atoms with E-state index in [4.69, 9.17) is 15.6 Å². The van der Waals surface area contributed by atoms with Gasteiger partial charge in [-0.2, -0.15) is 0 Å². The van der Waals surface area contributed by atoms with Crippen molar-refractivity contribution in [2.45, 2.75) is 6.92 Å². The Balaban J connectivity index is 1.92. The number of nitrogens with one attached hydrogen (secondary N) is 2. The van der Waals surface area contributed by atoms with E-state index in [2.05, 4.69) is 10.3 Å². The zero-order chi connectivity index (χ0) is 18.8. The summed E-state index contributed by atoms with van der Waals surface area (Å²) in [7, 11) is 0. The fraction of sp³-hybridized carbons (Fsp3) is 0.118. The van der Waals surface area contributed by atoms with Crippen LogP contribution in [0.5, 0.6) is 5.75 Å². The smallest absolute Gasteiger partial charge is 0.341 e. The third-order valence-corrected chi connectivity index (χ3v) is 4.74. The van der Waals surface area contributed by atoms with Crippen LogP contribution in [0.1, 0.15) is 27.0 Å². The van der Waals surface area contributed by atoms with E-state index in [1.807, 2.05) is 6.92 Å². The maximum atomic E-state index is 12.5. The van der Waals surface area contributed by atoms with Gasteiger partial charge in [0.05, 0.1) is 12.3 Å². The minimum Gasteiger partial charge on any atom is -0.494 e. The van der Waals surface area contributed by atoms with Gasteiger partial charge in [0.2, 0.25) is 0 Å². The quantitative estimate of drug-likeness (QED) is 0.543. The summed E-state index contributed by atoms with van der Waals surface area (Å²) >= 11 is 0.987. The normalized spacial score (nSPS) is 10.7. The van der Waals surface area contributed by atoms with E-state index in [0.717, 1.165) is 11.3 Å². The molecule has 0 unspecified atom stereocenters. The molecule has 1 aromatic carbocycles. The van der Waals surface area contributed by atoms with Gasteiger partial charge in [-0.15, -0.1) is 11.3 Å². The number of carbonyl (C=O) groups excluding carboxylic acids is 1. The zero-order valence-electron chi connectivity index (χ0n) is 13.7. The molecule has 0 aliphatic heterocycles. The van der Waals surface area contributed by atoms with Crippen LogP contribution >= 0.6 is 11.3 Å². The first-order valence-electron chi connectivity index (χ1n) is 7.63. The summed E-state index contributed by atoms with van der Waals surface area (Å²) in [5.41, 5.74) is 5.48. The molecule has 2 aromatic heterocycles. The number of benzene rings is 1. The standard InChI is InChI=1S/C17H15N3O5S/c1-2-25-9-5-3-8(4-6-9)19-15(22)13-12(18)10-7-11(17(23)24)14(21)20-16(10)26-13/h3-7H,2,18H2,1H3,(H,19,22)(H,20,21)(H,23,24). The number of nitrogens with two attached hydrogens (primary N) is 1. The Morgan fingerprint density at radius 2 is 2.00 bits per heavy atom. The number of thiophene rings is 1. The number of H-pyrrole nitrogens is 1. The van der Waals surface area contributed by atoms with Crippen molar-refractivity contribution in [2.75, 3.05) is 17.7 Å². The summed E-state index contributed by atoms with van der Waals surface area (Å²) in [6.07, 6.45) is 0. The van der Waals surface area contributed by atoms with Gasteiger partial charge in [0.1, 0.15) is 21.0 Å². The Bertz CT molecular complexity index is 1050. The molecule has 0 radical (unpaired) electrons. The van der Waals surface area contributed by atoms with Crippen molar-refractivity contribution in [3.63, 3.8) is 0 Å². The molecule has 0 bridgehead atoms. The van der Waals surface area contributed by atoms with Crippen LogP contribution in [0, 0.1) is 0 Å². The van der Waals surface area contributed by atoms with Gasteiger partial charge < -0.3 is 25.9 Å². The molecule has 0 atom stereocenters. The molecule has 8 nitrogen and oxygen atoms in total. The van der Waals surface area contributed by atoms with Crippen molar-refractivity contribution >= 4 is 44.8 Å². The molecular formula is C17H15N3O5S. The largest absolute Gasteiger partial charge is 0.494 e. The van der Waals surface area contributed by atoms with Crippen molar-refractivity contribution < 1.29 is 19.4 Å². The van der Waals surface area contributed by atoms with E-state index in [-0.39, 0.29) is 10.6 Å². The highest BCUT2D eigenvalue weighted by Gasteiger charge is 2.20. The molecule has 3 rings (SSSR count). The number of anilines is 2. The fourth-order valence-electron chi connectivity index (χ4n) is 2.39. The number of aromatic amines is 1. The molecule has 3 aromatic rings. The Morgan fingerprint density at radius 3 is 2.62 bits per heavy atom. The number of ether oxygens (including phenoxy) is 1. The van der Waals surface area contributed by atoms with Gasteiger partial charge in [-0.3, -0.25) is 9.59 Å². The summed E-state index contributed by atoms with van der Waals surface area (Å²) in [5, 5.41) is 12.1. The van der Waals surface area contributed by atoms with Crippen molar-refractivity contribution in [2.24, 2.45) is 0 Å². The number of carboxylic acids is 1. The van der Waals surface area contributed by atoms with Crippen molar-refractivity contribution in [1.82, 2.24) is 4.98 Å². The number of aromatic carboxylic acids is 1. The van der Waals surface area contributed by atoms with Crippen molar-refractivity contribution in [3.05, 3.63) is 51.1 Å². The van der Waals surface area contributed by atoms with Gasteiger partial charge in [0, 0.05) is 11.1 Å². The summed E-state index contributed by atoms with van der Waals surface area (Å²) < 4.78 is 5.34. The van der Waals surface area contributed by atoms with E-state index < -0.39 is 23.0 Å². The van der Waals surface area contributed by atoms with E-state index in [1.54, 1.807) is 24.3 Å². The van der Waals surface area contributed by atoms with E-state index >= 15 is 0 Å². The van der Waals surface area contributed by atoms with Crippen LogP contribution in [-0.2, 0) is 0 Å². The minimum atomic E-state index is -1.36. The summed E-state index contributed by atoms with van der Waals surface area (Å²) in [6, 6.07) is 8.01. The molecule has 2 heterocycles. The maximum Gasteiger partial charge on any atom is 0.341 e. The lowest BCUT2D eigenvalue weighted by molar-refractivity contribution is 0.0695. The van der Waals surface area contributed by atoms with E-state index in [9.17, 15) is 14.4 Å². The van der Waals surface area contributed by atoms with E-state index in [1.165, 1.54) is 6.07 Å². The Labute approximate surface area is 151 Å². The van der Waals surface area contributed by atoms with Crippen LogP contribution < -0.4 is 21.3 Å². The number of hydrogen-bond acceptors (Lipinski definition) is 6. The van der Waals surface area contributed by atoms with Gasteiger partial charge in [-0.1, -0.05) is 0 Å². The Hall–Kier alpha value is -3.33. The lowest BCUT2D eigenvalue weighted by Crippen LogP contribution is -2.16. The topological polar surface area (TPSA) is 135 Å². The number of fused-ring (bicyclic) bond motifs is 1. The third kappa shape index (κ3) is 3.24. The van der Waals surface area contributed by atoms with Crippen LogP contribution in [-0.4, -0.2) is 28.6 Å². The molecule has 0 spiro atoms. The van der Waals surface area contributed by atoms with Crippen LogP contribution in [0.25, 0.3) is 10.2 Å². The summed E-state index contributed by atoms with van der Waals surface area (Å²) in [5.74, 6) is -1.13.